The number of aromatic amines is 1. The number of nitrogens with zero attached hydrogens (tertiary/aromatic N) is 3. The Labute approximate surface area is 134 Å². The molecule has 21 heavy (non-hydrogen) atoms. The minimum Gasteiger partial charge on any atom is -0.348 e. The fourth-order valence-electron chi connectivity index (χ4n) is 2.89. The summed E-state index contributed by atoms with van der Waals surface area (Å²) < 4.78 is 0. The number of H-pyrrole nitrogens is 1. The lowest BCUT2D eigenvalue weighted by atomic mass is 10.00. The molecule has 3 heterocycles. The molecule has 1 aliphatic rings. The molecule has 1 atom stereocenters. The minimum atomic E-state index is 0.372. The van der Waals surface area contributed by atoms with Gasteiger partial charge < -0.3 is 4.98 Å². The highest BCUT2D eigenvalue weighted by Crippen LogP contribution is 2.32. The SMILES string of the molecule is CSCC[C@@H]1c2nc[nH]c2CCN1Cc1ccncc1Cl. The van der Waals surface area contributed by atoms with Crippen LogP contribution in [0.4, 0.5) is 0 Å². The van der Waals surface area contributed by atoms with Crippen molar-refractivity contribution < 1.29 is 0 Å². The van der Waals surface area contributed by atoms with Crippen molar-refractivity contribution in [1.82, 2.24) is 19.9 Å². The Morgan fingerprint density at radius 1 is 1.52 bits per heavy atom. The van der Waals surface area contributed by atoms with Crippen molar-refractivity contribution in [2.75, 3.05) is 18.6 Å². The summed E-state index contributed by atoms with van der Waals surface area (Å²) in [5, 5.41) is 0.744. The van der Waals surface area contributed by atoms with Gasteiger partial charge in [-0.3, -0.25) is 9.88 Å². The smallest absolute Gasteiger partial charge is 0.0925 e. The van der Waals surface area contributed by atoms with Crippen molar-refractivity contribution in [2.24, 2.45) is 0 Å². The van der Waals surface area contributed by atoms with Crippen molar-refractivity contribution in [2.45, 2.75) is 25.4 Å². The van der Waals surface area contributed by atoms with Gasteiger partial charge in [0, 0.05) is 37.6 Å². The third kappa shape index (κ3) is 3.25. The first-order valence-corrected chi connectivity index (χ1v) is 8.90. The number of nitrogens with one attached hydrogen (secondary N) is 1. The molecule has 0 saturated heterocycles. The highest BCUT2D eigenvalue weighted by atomic mass is 35.5. The van der Waals surface area contributed by atoms with E-state index < -0.39 is 0 Å². The van der Waals surface area contributed by atoms with Gasteiger partial charge in [-0.05, 0) is 30.1 Å². The van der Waals surface area contributed by atoms with Crippen LogP contribution in [0.15, 0.2) is 24.8 Å². The fraction of sp³-hybridized carbons (Fsp3) is 0.467. The van der Waals surface area contributed by atoms with Gasteiger partial charge in [-0.25, -0.2) is 4.98 Å². The number of fused-ring (bicyclic) bond motifs is 1. The molecule has 0 aromatic carbocycles. The predicted octanol–water partition coefficient (Wildman–Crippen LogP) is 3.31. The van der Waals surface area contributed by atoms with Crippen LogP contribution >= 0.6 is 23.4 Å². The number of imidazole rings is 1. The van der Waals surface area contributed by atoms with Crippen LogP contribution in [0.5, 0.6) is 0 Å². The summed E-state index contributed by atoms with van der Waals surface area (Å²) in [4.78, 5) is 14.4. The molecule has 0 radical (unpaired) electrons. The van der Waals surface area contributed by atoms with Gasteiger partial charge in [-0.2, -0.15) is 11.8 Å². The molecular weight excluding hydrogens is 304 g/mol. The maximum atomic E-state index is 6.26. The third-order valence-electron chi connectivity index (χ3n) is 3.98. The molecule has 4 nitrogen and oxygen atoms in total. The Morgan fingerprint density at radius 3 is 3.24 bits per heavy atom. The number of thioether (sulfide) groups is 1. The lowest BCUT2D eigenvalue weighted by Gasteiger charge is -2.35. The summed E-state index contributed by atoms with van der Waals surface area (Å²) >= 11 is 8.14. The van der Waals surface area contributed by atoms with E-state index in [1.807, 2.05) is 30.4 Å². The van der Waals surface area contributed by atoms with Crippen LogP contribution in [0.3, 0.4) is 0 Å². The Hall–Kier alpha value is -1.04. The van der Waals surface area contributed by atoms with Gasteiger partial charge in [0.2, 0.25) is 0 Å². The number of rotatable bonds is 5. The molecule has 0 fully saturated rings. The first-order valence-electron chi connectivity index (χ1n) is 7.13. The molecule has 0 bridgehead atoms. The maximum absolute atomic E-state index is 6.26. The van der Waals surface area contributed by atoms with E-state index in [-0.39, 0.29) is 0 Å². The van der Waals surface area contributed by atoms with Crippen LogP contribution in [0.1, 0.15) is 29.4 Å². The second-order valence-electron chi connectivity index (χ2n) is 5.25. The molecule has 1 N–H and O–H groups in total. The van der Waals surface area contributed by atoms with Crippen molar-refractivity contribution in [3.05, 3.63) is 46.8 Å². The average molecular weight is 323 g/mol. The minimum absolute atomic E-state index is 0.372. The summed E-state index contributed by atoms with van der Waals surface area (Å²) in [5.74, 6) is 1.14. The lowest BCUT2D eigenvalue weighted by molar-refractivity contribution is 0.168. The Morgan fingerprint density at radius 2 is 2.43 bits per heavy atom. The van der Waals surface area contributed by atoms with E-state index in [4.69, 9.17) is 11.6 Å². The summed E-state index contributed by atoms with van der Waals surface area (Å²) in [6.45, 7) is 1.89. The van der Waals surface area contributed by atoms with E-state index in [2.05, 4.69) is 26.1 Å². The van der Waals surface area contributed by atoms with E-state index in [1.165, 1.54) is 11.4 Å². The first kappa shape index (κ1) is 14.9. The monoisotopic (exact) mass is 322 g/mol. The number of aromatic nitrogens is 3. The van der Waals surface area contributed by atoms with Gasteiger partial charge in [0.1, 0.15) is 0 Å². The molecule has 0 unspecified atom stereocenters. The molecular formula is C15H19ClN4S. The van der Waals surface area contributed by atoms with Gasteiger partial charge >= 0.3 is 0 Å². The molecule has 6 heteroatoms. The topological polar surface area (TPSA) is 44.8 Å². The number of hydrogen-bond donors (Lipinski definition) is 1. The van der Waals surface area contributed by atoms with Crippen LogP contribution in [0, 0.1) is 0 Å². The number of hydrogen-bond acceptors (Lipinski definition) is 4. The first-order chi connectivity index (χ1) is 10.3. The van der Waals surface area contributed by atoms with Crippen molar-refractivity contribution >= 4 is 23.4 Å². The Balaban J connectivity index is 1.82. The molecule has 2 aromatic heterocycles. The highest BCUT2D eigenvalue weighted by Gasteiger charge is 2.29. The van der Waals surface area contributed by atoms with Crippen LogP contribution in [-0.4, -0.2) is 38.4 Å². The van der Waals surface area contributed by atoms with Crippen molar-refractivity contribution in [3.8, 4) is 0 Å². The molecule has 1 aliphatic heterocycles. The van der Waals surface area contributed by atoms with Crippen molar-refractivity contribution in [3.63, 3.8) is 0 Å². The zero-order chi connectivity index (χ0) is 14.7. The summed E-state index contributed by atoms with van der Waals surface area (Å²) in [6, 6.07) is 2.38. The summed E-state index contributed by atoms with van der Waals surface area (Å²) in [7, 11) is 0. The average Bonchev–Trinajstić information content (AvgIpc) is 2.97. The predicted molar refractivity (Wildman–Crippen MR) is 87.7 cm³/mol. The molecule has 2 aromatic rings. The molecule has 0 saturated carbocycles. The highest BCUT2D eigenvalue weighted by molar-refractivity contribution is 7.98. The third-order valence-corrected chi connectivity index (χ3v) is 4.97. The van der Waals surface area contributed by atoms with Crippen LogP contribution in [0.25, 0.3) is 0 Å². The molecule has 0 spiro atoms. The summed E-state index contributed by atoms with van der Waals surface area (Å²) in [5.41, 5.74) is 3.64. The molecule has 112 valence electrons. The standard InChI is InChI=1S/C15H19ClN4S/c1-21-7-4-14-15-13(18-10-19-15)3-6-20(14)9-11-2-5-17-8-12(11)16/h2,5,8,10,14H,3-4,6-7,9H2,1H3,(H,18,19)/t14-/m1/s1. The van der Waals surface area contributed by atoms with E-state index in [9.17, 15) is 0 Å². The molecule has 3 rings (SSSR count). The summed E-state index contributed by atoms with van der Waals surface area (Å²) in [6.07, 6.45) is 9.63. The van der Waals surface area contributed by atoms with Crippen LogP contribution in [0.2, 0.25) is 5.02 Å². The quantitative estimate of drug-likeness (QED) is 0.917. The van der Waals surface area contributed by atoms with Gasteiger partial charge in [0.25, 0.3) is 0 Å². The largest absolute Gasteiger partial charge is 0.348 e. The Kier molecular flexibility index (Phi) is 4.83. The van der Waals surface area contributed by atoms with Crippen LogP contribution in [-0.2, 0) is 13.0 Å². The molecule has 0 aliphatic carbocycles. The van der Waals surface area contributed by atoms with Gasteiger partial charge in [0.15, 0.2) is 0 Å². The fourth-order valence-corrected chi connectivity index (χ4v) is 3.53. The van der Waals surface area contributed by atoms with Crippen LogP contribution < -0.4 is 0 Å². The van der Waals surface area contributed by atoms with Gasteiger partial charge in [-0.1, -0.05) is 11.6 Å². The van der Waals surface area contributed by atoms with Crippen molar-refractivity contribution in [1.29, 1.82) is 0 Å². The second kappa shape index (κ2) is 6.81. The zero-order valence-corrected chi connectivity index (χ0v) is 13.6. The maximum Gasteiger partial charge on any atom is 0.0925 e. The van der Waals surface area contributed by atoms with E-state index >= 15 is 0 Å². The normalized spacial score (nSPS) is 18.7. The Bertz CT molecular complexity index is 601. The van der Waals surface area contributed by atoms with E-state index in [0.717, 1.165) is 42.3 Å². The van der Waals surface area contributed by atoms with Gasteiger partial charge in [0.05, 0.1) is 23.1 Å². The van der Waals surface area contributed by atoms with E-state index in [1.54, 1.807) is 6.20 Å². The van der Waals surface area contributed by atoms with Gasteiger partial charge in [-0.15, -0.1) is 0 Å². The molecule has 0 amide bonds. The lowest BCUT2D eigenvalue weighted by Crippen LogP contribution is -2.35. The number of pyridine rings is 1. The van der Waals surface area contributed by atoms with E-state index in [0.29, 0.717) is 6.04 Å². The zero-order valence-electron chi connectivity index (χ0n) is 12.1. The number of halogens is 1. The second-order valence-corrected chi connectivity index (χ2v) is 6.64.